The predicted molar refractivity (Wildman–Crippen MR) is 89.2 cm³/mol. The number of hydrogen-bond acceptors (Lipinski definition) is 3. The molecule has 1 fully saturated rings. The van der Waals surface area contributed by atoms with E-state index in [9.17, 15) is 4.79 Å². The molecule has 1 saturated heterocycles. The number of likely N-dealkylation sites (tertiary alicyclic amines) is 1. The molecule has 0 saturated carbocycles. The van der Waals surface area contributed by atoms with Gasteiger partial charge in [-0.15, -0.1) is 0 Å². The lowest BCUT2D eigenvalue weighted by molar-refractivity contribution is -0.133. The summed E-state index contributed by atoms with van der Waals surface area (Å²) in [6.07, 6.45) is 6.88. The zero-order valence-corrected chi connectivity index (χ0v) is 14.3. The van der Waals surface area contributed by atoms with Crippen molar-refractivity contribution in [3.05, 3.63) is 0 Å². The van der Waals surface area contributed by atoms with Gasteiger partial charge in [-0.2, -0.15) is 0 Å². The summed E-state index contributed by atoms with van der Waals surface area (Å²) < 4.78 is 0. The van der Waals surface area contributed by atoms with E-state index >= 15 is 0 Å². The van der Waals surface area contributed by atoms with Crippen LogP contribution >= 0.6 is 0 Å². The normalized spacial score (nSPS) is 23.2. The number of amides is 1. The summed E-state index contributed by atoms with van der Waals surface area (Å²) in [5.74, 6) is 0.871. The fraction of sp³-hybridized carbons (Fsp3) is 0.941. The lowest BCUT2D eigenvalue weighted by atomic mass is 9.93. The standard InChI is InChI=1S/C17H35N3O/c1-4-6-10-19(11-7-5-2)17(21)14-20-13-16(12-18)9-8-15(20)3/h15-16H,4-14,18H2,1-3H3. The molecule has 4 nitrogen and oxygen atoms in total. The maximum atomic E-state index is 12.6. The van der Waals surface area contributed by atoms with Crippen molar-refractivity contribution in [3.8, 4) is 0 Å². The van der Waals surface area contributed by atoms with E-state index in [0.29, 0.717) is 24.4 Å². The monoisotopic (exact) mass is 297 g/mol. The quantitative estimate of drug-likeness (QED) is 0.711. The molecular formula is C17H35N3O. The minimum atomic E-state index is 0.307. The van der Waals surface area contributed by atoms with Crippen LogP contribution < -0.4 is 5.73 Å². The third kappa shape index (κ3) is 6.35. The van der Waals surface area contributed by atoms with Crippen molar-refractivity contribution >= 4 is 5.91 Å². The average Bonchev–Trinajstić information content (AvgIpc) is 2.49. The third-order valence-corrected chi connectivity index (χ3v) is 4.70. The Labute approximate surface area is 131 Å². The Balaban J connectivity index is 2.52. The van der Waals surface area contributed by atoms with Gasteiger partial charge in [0.2, 0.25) is 5.91 Å². The topological polar surface area (TPSA) is 49.6 Å². The second-order valence-electron chi connectivity index (χ2n) is 6.55. The Morgan fingerprint density at radius 1 is 1.19 bits per heavy atom. The van der Waals surface area contributed by atoms with Gasteiger partial charge in [0.1, 0.15) is 0 Å². The molecule has 0 aliphatic carbocycles. The SMILES string of the molecule is CCCCN(CCCC)C(=O)CN1CC(CN)CCC1C. The molecule has 0 bridgehead atoms. The smallest absolute Gasteiger partial charge is 0.236 e. The van der Waals surface area contributed by atoms with E-state index in [1.807, 2.05) is 0 Å². The molecular weight excluding hydrogens is 262 g/mol. The molecule has 2 atom stereocenters. The van der Waals surface area contributed by atoms with Crippen LogP contribution in [0.2, 0.25) is 0 Å². The van der Waals surface area contributed by atoms with Crippen LogP contribution in [0.15, 0.2) is 0 Å². The molecule has 1 amide bonds. The zero-order chi connectivity index (χ0) is 15.7. The van der Waals surface area contributed by atoms with Crippen molar-refractivity contribution in [2.24, 2.45) is 11.7 Å². The Kier molecular flexibility index (Phi) is 8.93. The first-order valence-electron chi connectivity index (χ1n) is 8.84. The van der Waals surface area contributed by atoms with E-state index in [1.165, 1.54) is 12.8 Å². The van der Waals surface area contributed by atoms with Gasteiger partial charge in [0.15, 0.2) is 0 Å². The summed E-state index contributed by atoms with van der Waals surface area (Å²) >= 11 is 0. The van der Waals surface area contributed by atoms with Gasteiger partial charge < -0.3 is 10.6 Å². The van der Waals surface area contributed by atoms with Gasteiger partial charge in [-0.05, 0) is 45.1 Å². The third-order valence-electron chi connectivity index (χ3n) is 4.70. The van der Waals surface area contributed by atoms with E-state index in [1.54, 1.807) is 0 Å². The van der Waals surface area contributed by atoms with Crippen molar-refractivity contribution in [1.82, 2.24) is 9.80 Å². The summed E-state index contributed by atoms with van der Waals surface area (Å²) in [5, 5.41) is 0. The minimum Gasteiger partial charge on any atom is -0.342 e. The number of piperidine rings is 1. The Morgan fingerprint density at radius 2 is 1.81 bits per heavy atom. The van der Waals surface area contributed by atoms with Gasteiger partial charge in [0.05, 0.1) is 6.54 Å². The number of rotatable bonds is 9. The van der Waals surface area contributed by atoms with Crippen LogP contribution in [0.4, 0.5) is 0 Å². The van der Waals surface area contributed by atoms with Crippen molar-refractivity contribution in [1.29, 1.82) is 0 Å². The number of unbranched alkanes of at least 4 members (excludes halogenated alkanes) is 2. The van der Waals surface area contributed by atoms with Crippen molar-refractivity contribution in [2.75, 3.05) is 32.7 Å². The van der Waals surface area contributed by atoms with Crippen LogP contribution in [0.25, 0.3) is 0 Å². The maximum absolute atomic E-state index is 12.6. The van der Waals surface area contributed by atoms with Gasteiger partial charge in [-0.1, -0.05) is 26.7 Å². The molecule has 2 N–H and O–H groups in total. The minimum absolute atomic E-state index is 0.307. The first-order valence-corrected chi connectivity index (χ1v) is 8.84. The summed E-state index contributed by atoms with van der Waals surface area (Å²) in [6, 6.07) is 0.510. The molecule has 1 heterocycles. The second-order valence-corrected chi connectivity index (χ2v) is 6.55. The van der Waals surface area contributed by atoms with E-state index in [-0.39, 0.29) is 0 Å². The lowest BCUT2D eigenvalue weighted by Gasteiger charge is -2.38. The summed E-state index contributed by atoms with van der Waals surface area (Å²) in [6.45, 7) is 10.7. The van der Waals surface area contributed by atoms with Crippen LogP contribution in [0.3, 0.4) is 0 Å². The number of carbonyl (C=O) groups is 1. The number of nitrogens with two attached hydrogens (primary N) is 1. The first-order chi connectivity index (χ1) is 10.1. The molecule has 0 aromatic heterocycles. The number of hydrogen-bond donors (Lipinski definition) is 1. The van der Waals surface area contributed by atoms with Gasteiger partial charge in [0, 0.05) is 25.7 Å². The zero-order valence-electron chi connectivity index (χ0n) is 14.3. The molecule has 1 rings (SSSR count). The first kappa shape index (κ1) is 18.4. The van der Waals surface area contributed by atoms with Gasteiger partial charge in [-0.3, -0.25) is 9.69 Å². The van der Waals surface area contributed by atoms with Crippen LogP contribution in [-0.4, -0.2) is 54.5 Å². The molecule has 0 aromatic rings. The summed E-state index contributed by atoms with van der Waals surface area (Å²) in [4.78, 5) is 17.0. The predicted octanol–water partition coefficient (Wildman–Crippen LogP) is 2.47. The highest BCUT2D eigenvalue weighted by Gasteiger charge is 2.27. The van der Waals surface area contributed by atoms with Crippen molar-refractivity contribution in [2.45, 2.75) is 65.3 Å². The highest BCUT2D eigenvalue weighted by Crippen LogP contribution is 2.21. The van der Waals surface area contributed by atoms with Gasteiger partial charge in [-0.25, -0.2) is 0 Å². The molecule has 0 spiro atoms. The number of nitrogens with zero attached hydrogens (tertiary/aromatic N) is 2. The Hall–Kier alpha value is -0.610. The van der Waals surface area contributed by atoms with E-state index in [4.69, 9.17) is 5.73 Å². The fourth-order valence-electron chi connectivity index (χ4n) is 3.01. The van der Waals surface area contributed by atoms with Crippen molar-refractivity contribution in [3.63, 3.8) is 0 Å². The Morgan fingerprint density at radius 3 is 2.33 bits per heavy atom. The molecule has 1 aliphatic heterocycles. The molecule has 124 valence electrons. The van der Waals surface area contributed by atoms with Gasteiger partial charge >= 0.3 is 0 Å². The molecule has 2 unspecified atom stereocenters. The van der Waals surface area contributed by atoms with Crippen LogP contribution in [0.5, 0.6) is 0 Å². The van der Waals surface area contributed by atoms with Crippen LogP contribution in [0, 0.1) is 5.92 Å². The average molecular weight is 297 g/mol. The second kappa shape index (κ2) is 10.2. The van der Waals surface area contributed by atoms with Crippen LogP contribution in [0.1, 0.15) is 59.3 Å². The Bertz CT molecular complexity index is 288. The maximum Gasteiger partial charge on any atom is 0.236 e. The van der Waals surface area contributed by atoms with Crippen molar-refractivity contribution < 1.29 is 4.79 Å². The van der Waals surface area contributed by atoms with E-state index < -0.39 is 0 Å². The molecule has 0 aromatic carbocycles. The fourth-order valence-corrected chi connectivity index (χ4v) is 3.01. The molecule has 0 radical (unpaired) electrons. The lowest BCUT2D eigenvalue weighted by Crippen LogP contribution is -2.49. The largest absolute Gasteiger partial charge is 0.342 e. The summed E-state index contributed by atoms with van der Waals surface area (Å²) in [7, 11) is 0. The number of carbonyl (C=O) groups excluding carboxylic acids is 1. The van der Waals surface area contributed by atoms with Crippen LogP contribution in [-0.2, 0) is 4.79 Å². The molecule has 4 heteroatoms. The van der Waals surface area contributed by atoms with Gasteiger partial charge in [0.25, 0.3) is 0 Å². The van der Waals surface area contributed by atoms with E-state index in [0.717, 1.165) is 51.9 Å². The highest BCUT2D eigenvalue weighted by molar-refractivity contribution is 5.78. The molecule has 21 heavy (non-hydrogen) atoms. The summed E-state index contributed by atoms with van der Waals surface area (Å²) in [5.41, 5.74) is 5.81. The highest BCUT2D eigenvalue weighted by atomic mass is 16.2. The molecule has 1 aliphatic rings. The van der Waals surface area contributed by atoms with E-state index in [2.05, 4.69) is 30.6 Å².